The number of rotatable bonds is 9. The van der Waals surface area contributed by atoms with Crippen LogP contribution in [-0.2, 0) is 0 Å². The monoisotopic (exact) mass is 266 g/mol. The van der Waals surface area contributed by atoms with Gasteiger partial charge in [0.25, 0.3) is 0 Å². The van der Waals surface area contributed by atoms with Crippen molar-refractivity contribution in [2.24, 2.45) is 5.92 Å². The SMILES string of the molecule is C=C(CC)N1CCN(CCCCCCC(C)C)CC1. The van der Waals surface area contributed by atoms with E-state index in [1.165, 1.54) is 70.5 Å². The minimum Gasteiger partial charge on any atom is -0.373 e. The predicted octanol–water partition coefficient (Wildman–Crippen LogP) is 4.13. The lowest BCUT2D eigenvalue weighted by molar-refractivity contribution is 0.154. The van der Waals surface area contributed by atoms with Gasteiger partial charge in [-0.2, -0.15) is 0 Å². The summed E-state index contributed by atoms with van der Waals surface area (Å²) in [5.74, 6) is 0.875. The fourth-order valence-electron chi connectivity index (χ4n) is 2.75. The first-order valence-corrected chi connectivity index (χ1v) is 8.28. The average molecular weight is 266 g/mol. The first-order chi connectivity index (χ1) is 9.13. The number of unbranched alkanes of at least 4 members (excludes halogenated alkanes) is 3. The van der Waals surface area contributed by atoms with Crippen molar-refractivity contribution >= 4 is 0 Å². The molecule has 0 N–H and O–H groups in total. The molecule has 0 aromatic carbocycles. The molecule has 0 radical (unpaired) electrons. The maximum atomic E-state index is 4.14. The summed E-state index contributed by atoms with van der Waals surface area (Å²) in [5, 5.41) is 0. The van der Waals surface area contributed by atoms with E-state index < -0.39 is 0 Å². The van der Waals surface area contributed by atoms with Crippen LogP contribution in [-0.4, -0.2) is 42.5 Å². The quantitative estimate of drug-likeness (QED) is 0.579. The molecule has 0 atom stereocenters. The first kappa shape index (κ1) is 16.6. The fourth-order valence-corrected chi connectivity index (χ4v) is 2.75. The van der Waals surface area contributed by atoms with Crippen LogP contribution in [0.5, 0.6) is 0 Å². The third-order valence-corrected chi connectivity index (χ3v) is 4.23. The van der Waals surface area contributed by atoms with Gasteiger partial charge < -0.3 is 4.90 Å². The molecule has 0 unspecified atom stereocenters. The van der Waals surface area contributed by atoms with E-state index in [9.17, 15) is 0 Å². The lowest BCUT2D eigenvalue weighted by atomic mass is 10.0. The van der Waals surface area contributed by atoms with Crippen LogP contribution in [0.4, 0.5) is 0 Å². The zero-order valence-corrected chi connectivity index (χ0v) is 13.5. The molecule has 112 valence electrons. The molecule has 1 saturated heterocycles. The minimum atomic E-state index is 0.875. The van der Waals surface area contributed by atoms with Crippen molar-refractivity contribution in [3.63, 3.8) is 0 Å². The molecule has 19 heavy (non-hydrogen) atoms. The van der Waals surface area contributed by atoms with Gasteiger partial charge in [-0.3, -0.25) is 4.90 Å². The topological polar surface area (TPSA) is 6.48 Å². The van der Waals surface area contributed by atoms with E-state index in [4.69, 9.17) is 0 Å². The molecular formula is C17H34N2. The van der Waals surface area contributed by atoms with Crippen molar-refractivity contribution in [1.82, 2.24) is 9.80 Å². The van der Waals surface area contributed by atoms with E-state index in [0.29, 0.717) is 0 Å². The molecule has 0 aromatic heterocycles. The highest BCUT2D eigenvalue weighted by Crippen LogP contribution is 2.13. The summed E-state index contributed by atoms with van der Waals surface area (Å²) in [6.45, 7) is 17.1. The molecule has 1 aliphatic rings. The molecule has 1 fully saturated rings. The van der Waals surface area contributed by atoms with Crippen LogP contribution in [0.3, 0.4) is 0 Å². The average Bonchev–Trinajstić information content (AvgIpc) is 2.42. The largest absolute Gasteiger partial charge is 0.373 e. The summed E-state index contributed by atoms with van der Waals surface area (Å²) in [7, 11) is 0. The maximum Gasteiger partial charge on any atom is 0.0303 e. The van der Waals surface area contributed by atoms with E-state index >= 15 is 0 Å². The van der Waals surface area contributed by atoms with Gasteiger partial charge in [-0.25, -0.2) is 0 Å². The van der Waals surface area contributed by atoms with Crippen LogP contribution in [0.1, 0.15) is 59.3 Å². The normalized spacial score (nSPS) is 17.2. The molecule has 0 amide bonds. The zero-order valence-electron chi connectivity index (χ0n) is 13.5. The molecule has 0 spiro atoms. The molecule has 2 nitrogen and oxygen atoms in total. The Morgan fingerprint density at radius 3 is 2.21 bits per heavy atom. The van der Waals surface area contributed by atoms with Crippen LogP contribution in [0.25, 0.3) is 0 Å². The Bertz CT molecular complexity index is 240. The molecule has 1 aliphatic heterocycles. The van der Waals surface area contributed by atoms with Gasteiger partial charge in [-0.1, -0.05) is 53.0 Å². The van der Waals surface area contributed by atoms with Gasteiger partial charge in [0.05, 0.1) is 0 Å². The van der Waals surface area contributed by atoms with E-state index in [1.54, 1.807) is 0 Å². The Labute approximate surface area is 120 Å². The standard InChI is InChI=1S/C17H34N2/c1-5-17(4)19-14-12-18(13-15-19)11-9-7-6-8-10-16(2)3/h16H,4-15H2,1-3H3. The molecule has 0 aliphatic carbocycles. The number of nitrogens with zero attached hydrogens (tertiary/aromatic N) is 2. The summed E-state index contributed by atoms with van der Waals surface area (Å²) in [4.78, 5) is 5.08. The van der Waals surface area contributed by atoms with Crippen LogP contribution in [0.15, 0.2) is 12.3 Å². The van der Waals surface area contributed by atoms with Gasteiger partial charge in [-0.05, 0) is 25.3 Å². The molecule has 0 aromatic rings. The Balaban J connectivity index is 1.99. The summed E-state index contributed by atoms with van der Waals surface area (Å²) in [6.07, 6.45) is 8.13. The van der Waals surface area contributed by atoms with Crippen molar-refractivity contribution in [1.29, 1.82) is 0 Å². The molecule has 2 heteroatoms. The summed E-state index contributed by atoms with van der Waals surface area (Å²) in [5.41, 5.74) is 1.31. The fraction of sp³-hybridized carbons (Fsp3) is 0.882. The maximum absolute atomic E-state index is 4.14. The van der Waals surface area contributed by atoms with Gasteiger partial charge in [0.2, 0.25) is 0 Å². The molecule has 0 saturated carbocycles. The smallest absolute Gasteiger partial charge is 0.0303 e. The Kier molecular flexibility index (Phi) is 8.20. The highest BCUT2D eigenvalue weighted by atomic mass is 15.3. The Hall–Kier alpha value is -0.500. The Morgan fingerprint density at radius 2 is 1.63 bits per heavy atom. The number of allylic oxidation sites excluding steroid dienone is 1. The van der Waals surface area contributed by atoms with E-state index in [0.717, 1.165) is 12.3 Å². The van der Waals surface area contributed by atoms with Gasteiger partial charge in [0, 0.05) is 31.9 Å². The second kappa shape index (κ2) is 9.41. The Morgan fingerprint density at radius 1 is 1.00 bits per heavy atom. The van der Waals surface area contributed by atoms with Crippen molar-refractivity contribution in [3.8, 4) is 0 Å². The highest BCUT2D eigenvalue weighted by molar-refractivity contribution is 4.94. The van der Waals surface area contributed by atoms with Gasteiger partial charge >= 0.3 is 0 Å². The first-order valence-electron chi connectivity index (χ1n) is 8.28. The molecular weight excluding hydrogens is 232 g/mol. The molecule has 0 bridgehead atoms. The van der Waals surface area contributed by atoms with Gasteiger partial charge in [0.1, 0.15) is 0 Å². The van der Waals surface area contributed by atoms with Crippen molar-refractivity contribution < 1.29 is 0 Å². The lowest BCUT2D eigenvalue weighted by Gasteiger charge is -2.36. The van der Waals surface area contributed by atoms with Crippen LogP contribution >= 0.6 is 0 Å². The van der Waals surface area contributed by atoms with Crippen LogP contribution in [0, 0.1) is 5.92 Å². The van der Waals surface area contributed by atoms with E-state index in [-0.39, 0.29) is 0 Å². The summed E-state index contributed by atoms with van der Waals surface area (Å²) >= 11 is 0. The van der Waals surface area contributed by atoms with E-state index in [1.807, 2.05) is 0 Å². The summed E-state index contributed by atoms with van der Waals surface area (Å²) in [6, 6.07) is 0. The number of piperazine rings is 1. The number of hydrogen-bond donors (Lipinski definition) is 0. The third kappa shape index (κ3) is 7.00. The lowest BCUT2D eigenvalue weighted by Crippen LogP contribution is -2.45. The second-order valence-corrected chi connectivity index (χ2v) is 6.35. The molecule has 1 rings (SSSR count). The minimum absolute atomic E-state index is 0.875. The van der Waals surface area contributed by atoms with Crippen molar-refractivity contribution in [2.45, 2.75) is 59.3 Å². The number of hydrogen-bond acceptors (Lipinski definition) is 2. The highest BCUT2D eigenvalue weighted by Gasteiger charge is 2.16. The van der Waals surface area contributed by atoms with E-state index in [2.05, 4.69) is 37.1 Å². The predicted molar refractivity (Wildman–Crippen MR) is 85.4 cm³/mol. The van der Waals surface area contributed by atoms with Gasteiger partial charge in [-0.15, -0.1) is 0 Å². The van der Waals surface area contributed by atoms with Crippen molar-refractivity contribution in [2.75, 3.05) is 32.7 Å². The summed E-state index contributed by atoms with van der Waals surface area (Å²) < 4.78 is 0. The third-order valence-electron chi connectivity index (χ3n) is 4.23. The zero-order chi connectivity index (χ0) is 14.1. The molecule has 1 heterocycles. The van der Waals surface area contributed by atoms with Crippen LogP contribution in [0.2, 0.25) is 0 Å². The van der Waals surface area contributed by atoms with Gasteiger partial charge in [0.15, 0.2) is 0 Å². The second-order valence-electron chi connectivity index (χ2n) is 6.35. The van der Waals surface area contributed by atoms with Crippen molar-refractivity contribution in [3.05, 3.63) is 12.3 Å². The van der Waals surface area contributed by atoms with Crippen LogP contribution < -0.4 is 0 Å².